The van der Waals surface area contributed by atoms with E-state index < -0.39 is 24.0 Å². The number of carbonyl (C=O) groups is 2. The third-order valence-corrected chi connectivity index (χ3v) is 2.29. The highest BCUT2D eigenvalue weighted by atomic mass is 16.4. The van der Waals surface area contributed by atoms with E-state index in [-0.39, 0.29) is 5.91 Å². The van der Waals surface area contributed by atoms with Crippen LogP contribution in [0.5, 0.6) is 0 Å². The molecule has 4 N–H and O–H groups in total. The van der Waals surface area contributed by atoms with Crippen molar-refractivity contribution in [2.24, 2.45) is 11.7 Å². The fourth-order valence-electron chi connectivity index (χ4n) is 0.856. The van der Waals surface area contributed by atoms with E-state index in [1.165, 1.54) is 0 Å². The molecule has 3 atom stereocenters. The lowest BCUT2D eigenvalue weighted by Crippen LogP contribution is -2.47. The van der Waals surface area contributed by atoms with Crippen molar-refractivity contribution in [1.29, 1.82) is 0 Å². The Bertz CT molecular complexity index is 218. The van der Waals surface area contributed by atoms with Gasteiger partial charge in [-0.25, -0.2) is 0 Å². The molecule has 0 aromatic rings. The summed E-state index contributed by atoms with van der Waals surface area (Å²) in [7, 11) is 0. The third kappa shape index (κ3) is 3.74. The minimum Gasteiger partial charge on any atom is -0.481 e. The van der Waals surface area contributed by atoms with Gasteiger partial charge >= 0.3 is 5.97 Å². The van der Waals surface area contributed by atoms with Gasteiger partial charge in [-0.2, -0.15) is 0 Å². The van der Waals surface area contributed by atoms with Gasteiger partial charge in [0.05, 0.1) is 12.0 Å². The zero-order valence-corrected chi connectivity index (χ0v) is 8.78. The predicted octanol–water partition coefficient (Wildman–Crippen LogP) is -0.0509. The summed E-state index contributed by atoms with van der Waals surface area (Å²) in [5, 5.41) is 11.2. The number of hydrogen-bond donors (Lipinski definition) is 3. The molecule has 5 heteroatoms. The van der Waals surface area contributed by atoms with Crippen molar-refractivity contribution in [1.82, 2.24) is 5.32 Å². The van der Waals surface area contributed by atoms with Crippen molar-refractivity contribution >= 4 is 11.9 Å². The second kappa shape index (κ2) is 5.59. The molecule has 0 aliphatic rings. The van der Waals surface area contributed by atoms with Crippen LogP contribution in [-0.4, -0.2) is 29.1 Å². The van der Waals surface area contributed by atoms with E-state index in [9.17, 15) is 9.59 Å². The molecule has 0 saturated heterocycles. The van der Waals surface area contributed by atoms with Crippen LogP contribution in [0.25, 0.3) is 0 Å². The first kappa shape index (κ1) is 12.9. The molecule has 5 nitrogen and oxygen atoms in total. The van der Waals surface area contributed by atoms with Crippen LogP contribution in [-0.2, 0) is 9.59 Å². The van der Waals surface area contributed by atoms with Crippen molar-refractivity contribution < 1.29 is 14.7 Å². The van der Waals surface area contributed by atoms with Crippen LogP contribution < -0.4 is 11.1 Å². The van der Waals surface area contributed by atoms with Gasteiger partial charge in [0, 0.05) is 6.04 Å². The Morgan fingerprint density at radius 3 is 2.29 bits per heavy atom. The summed E-state index contributed by atoms with van der Waals surface area (Å²) in [4.78, 5) is 21.9. The van der Waals surface area contributed by atoms with Crippen LogP contribution in [0.4, 0.5) is 0 Å². The summed E-state index contributed by atoms with van der Waals surface area (Å²) in [6, 6.07) is -0.962. The van der Waals surface area contributed by atoms with Crippen molar-refractivity contribution in [3.63, 3.8) is 0 Å². The van der Waals surface area contributed by atoms with Crippen LogP contribution >= 0.6 is 0 Å². The van der Waals surface area contributed by atoms with E-state index in [1.54, 1.807) is 20.8 Å². The van der Waals surface area contributed by atoms with Gasteiger partial charge in [-0.1, -0.05) is 6.92 Å². The van der Waals surface area contributed by atoms with Crippen molar-refractivity contribution in [3.05, 3.63) is 0 Å². The molecule has 0 rings (SSSR count). The number of aliphatic carboxylic acids is 1. The van der Waals surface area contributed by atoms with E-state index >= 15 is 0 Å². The molecule has 1 amide bonds. The van der Waals surface area contributed by atoms with Gasteiger partial charge in [0.25, 0.3) is 0 Å². The molecule has 14 heavy (non-hydrogen) atoms. The first-order valence-corrected chi connectivity index (χ1v) is 4.68. The summed E-state index contributed by atoms with van der Waals surface area (Å²) >= 11 is 0. The molecular weight excluding hydrogens is 184 g/mol. The maximum atomic E-state index is 11.3. The lowest BCUT2D eigenvalue weighted by Gasteiger charge is -2.19. The smallest absolute Gasteiger partial charge is 0.308 e. The normalized spacial score (nSPS) is 16.9. The number of hydrogen-bond acceptors (Lipinski definition) is 3. The van der Waals surface area contributed by atoms with Gasteiger partial charge in [-0.3, -0.25) is 9.59 Å². The molecule has 0 bridgehead atoms. The Kier molecular flexibility index (Phi) is 5.15. The Balaban J connectivity index is 4.12. The molecule has 0 spiro atoms. The minimum absolute atomic E-state index is 0.298. The summed E-state index contributed by atoms with van der Waals surface area (Å²) < 4.78 is 0. The maximum absolute atomic E-state index is 11.3. The molecule has 0 aliphatic heterocycles. The zero-order chi connectivity index (χ0) is 11.3. The molecule has 0 saturated carbocycles. The average Bonchev–Trinajstić information content (AvgIpc) is 2.14. The first-order chi connectivity index (χ1) is 6.40. The fraction of sp³-hybridized carbons (Fsp3) is 0.778. The zero-order valence-electron chi connectivity index (χ0n) is 8.78. The predicted molar refractivity (Wildman–Crippen MR) is 52.7 cm³/mol. The quantitative estimate of drug-likeness (QED) is 0.582. The van der Waals surface area contributed by atoms with Crippen molar-refractivity contribution in [3.8, 4) is 0 Å². The lowest BCUT2D eigenvalue weighted by atomic mass is 10.0. The monoisotopic (exact) mass is 202 g/mol. The molecule has 0 aliphatic carbocycles. The van der Waals surface area contributed by atoms with Gasteiger partial charge in [0.1, 0.15) is 0 Å². The lowest BCUT2D eigenvalue weighted by molar-refractivity contribution is -0.142. The second-order valence-corrected chi connectivity index (χ2v) is 3.44. The average molecular weight is 202 g/mol. The molecule has 0 fully saturated rings. The van der Waals surface area contributed by atoms with E-state index in [4.69, 9.17) is 10.8 Å². The SMILES string of the molecule is CC[C@@H](N)C(=O)NC(C)C(C)C(=O)O. The third-order valence-electron chi connectivity index (χ3n) is 2.29. The minimum atomic E-state index is -0.928. The largest absolute Gasteiger partial charge is 0.481 e. The number of nitrogens with two attached hydrogens (primary N) is 1. The van der Waals surface area contributed by atoms with Gasteiger partial charge in [-0.15, -0.1) is 0 Å². The Morgan fingerprint density at radius 2 is 1.93 bits per heavy atom. The van der Waals surface area contributed by atoms with E-state index in [2.05, 4.69) is 5.32 Å². The summed E-state index contributed by atoms with van der Waals surface area (Å²) in [5.41, 5.74) is 5.48. The molecule has 0 aromatic heterocycles. The summed E-state index contributed by atoms with van der Waals surface area (Å²) in [5.74, 6) is -1.83. The molecule has 0 aromatic carbocycles. The summed E-state index contributed by atoms with van der Waals surface area (Å²) in [6.45, 7) is 5.00. The second-order valence-electron chi connectivity index (χ2n) is 3.44. The number of carboxylic acid groups (broad SMARTS) is 1. The molecule has 2 unspecified atom stereocenters. The Labute approximate surface area is 83.7 Å². The Hall–Kier alpha value is -1.10. The standard InChI is InChI=1S/C9H18N2O3/c1-4-7(10)8(12)11-6(3)5(2)9(13)14/h5-7H,4,10H2,1-3H3,(H,11,12)(H,13,14)/t5?,6?,7-/m1/s1. The number of rotatable bonds is 5. The van der Waals surface area contributed by atoms with Crippen LogP contribution in [0.15, 0.2) is 0 Å². The summed E-state index contributed by atoms with van der Waals surface area (Å²) in [6.07, 6.45) is 0.542. The molecule has 0 heterocycles. The van der Waals surface area contributed by atoms with Crippen LogP contribution in [0.2, 0.25) is 0 Å². The number of nitrogens with one attached hydrogen (secondary N) is 1. The van der Waals surface area contributed by atoms with Crippen molar-refractivity contribution in [2.75, 3.05) is 0 Å². The highest BCUT2D eigenvalue weighted by Gasteiger charge is 2.22. The maximum Gasteiger partial charge on any atom is 0.308 e. The van der Waals surface area contributed by atoms with Crippen LogP contribution in [0, 0.1) is 5.92 Å². The van der Waals surface area contributed by atoms with E-state index in [0.29, 0.717) is 6.42 Å². The fourth-order valence-corrected chi connectivity index (χ4v) is 0.856. The van der Waals surface area contributed by atoms with Gasteiger partial charge in [0.15, 0.2) is 0 Å². The number of carbonyl (C=O) groups excluding carboxylic acids is 1. The Morgan fingerprint density at radius 1 is 1.43 bits per heavy atom. The van der Waals surface area contributed by atoms with Crippen LogP contribution in [0.3, 0.4) is 0 Å². The molecule has 0 radical (unpaired) electrons. The number of amides is 1. The topological polar surface area (TPSA) is 92.4 Å². The highest BCUT2D eigenvalue weighted by Crippen LogP contribution is 2.02. The van der Waals surface area contributed by atoms with E-state index in [1.807, 2.05) is 0 Å². The van der Waals surface area contributed by atoms with E-state index in [0.717, 1.165) is 0 Å². The molecule has 82 valence electrons. The van der Waals surface area contributed by atoms with Gasteiger partial charge in [-0.05, 0) is 20.3 Å². The molecular formula is C9H18N2O3. The van der Waals surface area contributed by atoms with Crippen molar-refractivity contribution in [2.45, 2.75) is 39.3 Å². The number of carboxylic acids is 1. The van der Waals surface area contributed by atoms with Gasteiger partial charge < -0.3 is 16.2 Å². The van der Waals surface area contributed by atoms with Gasteiger partial charge in [0.2, 0.25) is 5.91 Å². The highest BCUT2D eigenvalue weighted by molar-refractivity contribution is 5.82. The first-order valence-electron chi connectivity index (χ1n) is 4.68. The van der Waals surface area contributed by atoms with Crippen LogP contribution in [0.1, 0.15) is 27.2 Å².